The normalized spacial score (nSPS) is 10.3. The van der Waals surface area contributed by atoms with Gasteiger partial charge in [0.2, 0.25) is 0 Å². The first-order chi connectivity index (χ1) is 11.2. The Hall–Kier alpha value is -2.45. The number of nitrogens with one attached hydrogen (secondary N) is 1. The molecule has 5 heteroatoms. The summed E-state index contributed by atoms with van der Waals surface area (Å²) < 4.78 is 7.34. The van der Waals surface area contributed by atoms with Crippen LogP contribution in [0.2, 0.25) is 0 Å². The first-order valence-electron chi connectivity index (χ1n) is 7.69. The molecule has 1 heterocycles. The Balaban J connectivity index is 1.97. The minimum Gasteiger partial charge on any atom is -0.493 e. The van der Waals surface area contributed by atoms with Crippen LogP contribution in [0.1, 0.15) is 23.2 Å². The number of hydrogen-bond donors (Lipinski definition) is 2. The summed E-state index contributed by atoms with van der Waals surface area (Å²) in [6.07, 6.45) is 5.81. The molecule has 0 amide bonds. The lowest BCUT2D eigenvalue weighted by Crippen LogP contribution is -2.11. The van der Waals surface area contributed by atoms with Gasteiger partial charge in [-0.1, -0.05) is 12.1 Å². The van der Waals surface area contributed by atoms with E-state index in [0.717, 1.165) is 28.4 Å². The van der Waals surface area contributed by atoms with Gasteiger partial charge >= 0.3 is 0 Å². The summed E-state index contributed by atoms with van der Waals surface area (Å²) >= 11 is 0. The SMILES string of the molecule is C#CCCOc1ccc(CNc2c(C)c(C)nn2CCO)cc1. The predicted molar refractivity (Wildman–Crippen MR) is 91.5 cm³/mol. The van der Waals surface area contributed by atoms with E-state index in [-0.39, 0.29) is 6.61 Å². The molecule has 2 aromatic rings. The number of aliphatic hydroxyl groups is 1. The van der Waals surface area contributed by atoms with Crippen LogP contribution in [-0.4, -0.2) is 28.1 Å². The fraction of sp³-hybridized carbons (Fsp3) is 0.389. The molecule has 2 rings (SSSR count). The van der Waals surface area contributed by atoms with Crippen molar-refractivity contribution in [3.8, 4) is 18.1 Å². The third-order valence-corrected chi connectivity index (χ3v) is 3.64. The first-order valence-corrected chi connectivity index (χ1v) is 7.69. The topological polar surface area (TPSA) is 59.3 Å². The highest BCUT2D eigenvalue weighted by Crippen LogP contribution is 2.20. The monoisotopic (exact) mass is 313 g/mol. The van der Waals surface area contributed by atoms with Gasteiger partial charge in [-0.3, -0.25) is 0 Å². The van der Waals surface area contributed by atoms with Gasteiger partial charge in [0.25, 0.3) is 0 Å². The predicted octanol–water partition coefficient (Wildman–Crippen LogP) is 2.51. The second-order valence-electron chi connectivity index (χ2n) is 5.31. The molecule has 0 bridgehead atoms. The Morgan fingerprint density at radius 3 is 2.70 bits per heavy atom. The van der Waals surface area contributed by atoms with E-state index in [2.05, 4.69) is 16.3 Å². The zero-order chi connectivity index (χ0) is 16.7. The Kier molecular flexibility index (Phi) is 6.07. The number of aryl methyl sites for hydroxylation is 1. The zero-order valence-electron chi connectivity index (χ0n) is 13.7. The fourth-order valence-corrected chi connectivity index (χ4v) is 2.27. The van der Waals surface area contributed by atoms with Gasteiger partial charge in [-0.05, 0) is 31.5 Å². The molecule has 1 aromatic carbocycles. The van der Waals surface area contributed by atoms with Crippen LogP contribution < -0.4 is 10.1 Å². The molecule has 1 aromatic heterocycles. The first kappa shape index (κ1) is 16.9. The standard InChI is InChI=1S/C18H23N3O2/c1-4-5-12-23-17-8-6-16(7-9-17)13-19-18-14(2)15(3)20-21(18)10-11-22/h1,6-9,19,22H,5,10-13H2,2-3H3. The van der Waals surface area contributed by atoms with E-state index in [0.29, 0.717) is 26.1 Å². The molecule has 23 heavy (non-hydrogen) atoms. The second kappa shape index (κ2) is 8.25. The van der Waals surface area contributed by atoms with Crippen molar-refractivity contribution in [3.05, 3.63) is 41.1 Å². The van der Waals surface area contributed by atoms with Crippen LogP contribution in [0.25, 0.3) is 0 Å². The molecule has 0 saturated heterocycles. The average Bonchev–Trinajstić information content (AvgIpc) is 2.82. The van der Waals surface area contributed by atoms with Crippen molar-refractivity contribution in [2.24, 2.45) is 0 Å². The number of aromatic nitrogens is 2. The van der Waals surface area contributed by atoms with Gasteiger partial charge in [-0.25, -0.2) is 4.68 Å². The molecule has 0 unspecified atom stereocenters. The van der Waals surface area contributed by atoms with E-state index < -0.39 is 0 Å². The lowest BCUT2D eigenvalue weighted by molar-refractivity contribution is 0.270. The van der Waals surface area contributed by atoms with Crippen LogP contribution in [-0.2, 0) is 13.1 Å². The molecule has 0 fully saturated rings. The van der Waals surface area contributed by atoms with Gasteiger partial charge in [0.1, 0.15) is 11.6 Å². The highest BCUT2D eigenvalue weighted by Gasteiger charge is 2.10. The van der Waals surface area contributed by atoms with Crippen LogP contribution in [0.5, 0.6) is 5.75 Å². The summed E-state index contributed by atoms with van der Waals surface area (Å²) in [6, 6.07) is 7.92. The Morgan fingerprint density at radius 1 is 1.30 bits per heavy atom. The van der Waals surface area contributed by atoms with Crippen molar-refractivity contribution < 1.29 is 9.84 Å². The third-order valence-electron chi connectivity index (χ3n) is 3.64. The summed E-state index contributed by atoms with van der Waals surface area (Å²) in [7, 11) is 0. The number of rotatable bonds is 8. The van der Waals surface area contributed by atoms with Gasteiger partial charge in [0, 0.05) is 18.5 Å². The molecule has 122 valence electrons. The summed E-state index contributed by atoms with van der Waals surface area (Å²) in [4.78, 5) is 0. The number of terminal acetylenes is 1. The highest BCUT2D eigenvalue weighted by molar-refractivity contribution is 5.47. The molecule has 0 aliphatic carbocycles. The number of benzene rings is 1. The molecule has 0 aliphatic rings. The van der Waals surface area contributed by atoms with Gasteiger partial charge in [-0.2, -0.15) is 5.10 Å². The van der Waals surface area contributed by atoms with Crippen LogP contribution >= 0.6 is 0 Å². The molecule has 5 nitrogen and oxygen atoms in total. The number of nitrogens with zero attached hydrogens (tertiary/aromatic N) is 2. The minimum absolute atomic E-state index is 0.0684. The number of ether oxygens (including phenoxy) is 1. The van der Waals surface area contributed by atoms with E-state index in [9.17, 15) is 0 Å². The van der Waals surface area contributed by atoms with Crippen molar-refractivity contribution in [1.29, 1.82) is 0 Å². The Labute approximate surface area is 137 Å². The second-order valence-corrected chi connectivity index (χ2v) is 5.31. The molecule has 0 radical (unpaired) electrons. The van der Waals surface area contributed by atoms with Crippen molar-refractivity contribution in [2.75, 3.05) is 18.5 Å². The summed E-state index contributed by atoms with van der Waals surface area (Å²) in [6.45, 7) is 5.77. The van der Waals surface area contributed by atoms with Gasteiger partial charge in [0.15, 0.2) is 0 Å². The molecule has 0 aliphatic heterocycles. The summed E-state index contributed by atoms with van der Waals surface area (Å²) in [5.41, 5.74) is 3.22. The summed E-state index contributed by atoms with van der Waals surface area (Å²) in [5.74, 6) is 4.32. The van der Waals surface area contributed by atoms with Crippen LogP contribution in [0.3, 0.4) is 0 Å². The van der Waals surface area contributed by atoms with Gasteiger partial charge < -0.3 is 15.2 Å². The summed E-state index contributed by atoms with van der Waals surface area (Å²) in [5, 5.41) is 17.0. The van der Waals surface area contributed by atoms with Crippen LogP contribution in [0.15, 0.2) is 24.3 Å². The zero-order valence-corrected chi connectivity index (χ0v) is 13.7. The Bertz CT molecular complexity index is 669. The lowest BCUT2D eigenvalue weighted by Gasteiger charge is -2.11. The minimum atomic E-state index is 0.0684. The molecular weight excluding hydrogens is 290 g/mol. The van der Waals surface area contributed by atoms with E-state index in [1.54, 1.807) is 0 Å². The number of anilines is 1. The van der Waals surface area contributed by atoms with Crippen LogP contribution in [0, 0.1) is 26.2 Å². The smallest absolute Gasteiger partial charge is 0.127 e. The maximum atomic E-state index is 9.13. The highest BCUT2D eigenvalue weighted by atomic mass is 16.5. The number of aliphatic hydroxyl groups excluding tert-OH is 1. The number of hydrogen-bond acceptors (Lipinski definition) is 4. The van der Waals surface area contributed by atoms with E-state index in [4.69, 9.17) is 16.3 Å². The lowest BCUT2D eigenvalue weighted by atomic mass is 10.2. The Morgan fingerprint density at radius 2 is 2.04 bits per heavy atom. The molecule has 0 spiro atoms. The molecule has 0 atom stereocenters. The third kappa shape index (κ3) is 4.51. The molecular formula is C18H23N3O2. The molecule has 2 N–H and O–H groups in total. The van der Waals surface area contributed by atoms with Crippen molar-refractivity contribution in [3.63, 3.8) is 0 Å². The molecule has 0 saturated carbocycles. The van der Waals surface area contributed by atoms with E-state index >= 15 is 0 Å². The largest absolute Gasteiger partial charge is 0.493 e. The maximum Gasteiger partial charge on any atom is 0.127 e. The van der Waals surface area contributed by atoms with Crippen LogP contribution in [0.4, 0.5) is 5.82 Å². The van der Waals surface area contributed by atoms with E-state index in [1.165, 1.54) is 0 Å². The average molecular weight is 313 g/mol. The fourth-order valence-electron chi connectivity index (χ4n) is 2.27. The van der Waals surface area contributed by atoms with Crippen molar-refractivity contribution in [1.82, 2.24) is 9.78 Å². The maximum absolute atomic E-state index is 9.13. The van der Waals surface area contributed by atoms with Crippen molar-refractivity contribution >= 4 is 5.82 Å². The van der Waals surface area contributed by atoms with Gasteiger partial charge in [-0.15, -0.1) is 12.3 Å². The van der Waals surface area contributed by atoms with E-state index in [1.807, 2.05) is 42.8 Å². The van der Waals surface area contributed by atoms with Crippen molar-refractivity contribution in [2.45, 2.75) is 33.4 Å². The quantitative estimate of drug-likeness (QED) is 0.581. The van der Waals surface area contributed by atoms with Gasteiger partial charge in [0.05, 0.1) is 25.5 Å².